The molecule has 126 valence electrons. The minimum absolute atomic E-state index is 0.0301. The molecule has 0 saturated heterocycles. The van der Waals surface area contributed by atoms with Crippen molar-refractivity contribution in [3.05, 3.63) is 11.9 Å². The predicted octanol–water partition coefficient (Wildman–Crippen LogP) is 3.37. The molecule has 5 nitrogen and oxygen atoms in total. The van der Waals surface area contributed by atoms with E-state index in [-0.39, 0.29) is 22.8 Å². The molecule has 0 aliphatic heterocycles. The topological polar surface area (TPSA) is 59.8 Å². The van der Waals surface area contributed by atoms with E-state index in [4.69, 9.17) is 0 Å². The number of carbonyl (C=O) groups is 1. The fourth-order valence-corrected chi connectivity index (χ4v) is 2.18. The van der Waals surface area contributed by atoms with Gasteiger partial charge in [0, 0.05) is 17.5 Å². The monoisotopic (exact) mass is 308 g/mol. The molecule has 0 unspecified atom stereocenters. The van der Waals surface area contributed by atoms with Gasteiger partial charge in [-0.05, 0) is 33.1 Å². The number of nitrogens with zero attached hydrogens (tertiary/aromatic N) is 3. The Labute approximate surface area is 134 Å². The second kappa shape index (κ2) is 6.90. The van der Waals surface area contributed by atoms with Gasteiger partial charge in [0.05, 0.1) is 11.9 Å². The molecule has 0 saturated carbocycles. The highest BCUT2D eigenvalue weighted by Gasteiger charge is 2.32. The van der Waals surface area contributed by atoms with Crippen molar-refractivity contribution < 1.29 is 4.79 Å². The summed E-state index contributed by atoms with van der Waals surface area (Å²) < 4.78 is 1.74. The van der Waals surface area contributed by atoms with Gasteiger partial charge in [0.2, 0.25) is 0 Å². The van der Waals surface area contributed by atoms with Crippen LogP contribution in [0.1, 0.15) is 73.5 Å². The van der Waals surface area contributed by atoms with Crippen LogP contribution in [0.15, 0.2) is 6.20 Å². The molecule has 5 heteroatoms. The van der Waals surface area contributed by atoms with Crippen LogP contribution in [0, 0.1) is 11.3 Å². The van der Waals surface area contributed by atoms with Crippen LogP contribution < -0.4 is 5.32 Å². The summed E-state index contributed by atoms with van der Waals surface area (Å²) in [5, 5.41) is 11.8. The summed E-state index contributed by atoms with van der Waals surface area (Å²) in [6, 6.07) is -0.240. The Kier molecular flexibility index (Phi) is 5.90. The van der Waals surface area contributed by atoms with Crippen molar-refractivity contribution in [2.45, 2.75) is 79.9 Å². The number of rotatable bonds is 6. The van der Waals surface area contributed by atoms with Crippen LogP contribution in [0.2, 0.25) is 0 Å². The van der Waals surface area contributed by atoms with E-state index in [0.29, 0.717) is 12.5 Å². The van der Waals surface area contributed by atoms with Gasteiger partial charge in [0.25, 0.3) is 0 Å². The average Bonchev–Trinajstić information content (AvgIpc) is 2.79. The Balaban J connectivity index is 2.92. The van der Waals surface area contributed by atoms with Crippen LogP contribution in [-0.4, -0.2) is 26.3 Å². The summed E-state index contributed by atoms with van der Waals surface area (Å²) in [6.07, 6.45) is 2.68. The molecule has 0 aliphatic carbocycles. The minimum Gasteiger partial charge on any atom is -0.306 e. The van der Waals surface area contributed by atoms with E-state index in [1.54, 1.807) is 4.68 Å². The maximum absolute atomic E-state index is 12.7. The molecule has 0 amide bonds. The number of aromatic nitrogens is 3. The molecule has 1 N–H and O–H groups in total. The molecule has 0 aromatic carbocycles. The first-order valence-corrected chi connectivity index (χ1v) is 8.10. The summed E-state index contributed by atoms with van der Waals surface area (Å²) >= 11 is 0. The van der Waals surface area contributed by atoms with E-state index in [0.717, 1.165) is 12.1 Å². The van der Waals surface area contributed by atoms with Gasteiger partial charge in [-0.2, -0.15) is 0 Å². The van der Waals surface area contributed by atoms with E-state index >= 15 is 0 Å². The molecule has 0 bridgehead atoms. The Hall–Kier alpha value is -1.23. The lowest BCUT2D eigenvalue weighted by Crippen LogP contribution is -2.35. The van der Waals surface area contributed by atoms with Gasteiger partial charge in [-0.1, -0.05) is 39.8 Å². The Morgan fingerprint density at radius 3 is 2.27 bits per heavy atom. The Morgan fingerprint density at radius 1 is 1.23 bits per heavy atom. The predicted molar refractivity (Wildman–Crippen MR) is 89.6 cm³/mol. The van der Waals surface area contributed by atoms with Gasteiger partial charge < -0.3 is 5.32 Å². The SMILES string of the molecule is CC(C)C[C@@H](C(=O)C(C)(C)C)n1cc(CNC(C)(C)C)nn1. The third kappa shape index (κ3) is 5.87. The van der Waals surface area contributed by atoms with Crippen LogP contribution in [0.25, 0.3) is 0 Å². The second-order valence-electron chi connectivity index (χ2n) is 8.55. The second-order valence-corrected chi connectivity index (χ2v) is 8.55. The fraction of sp³-hybridized carbons (Fsp3) is 0.824. The lowest BCUT2D eigenvalue weighted by Gasteiger charge is -2.25. The number of nitrogens with one attached hydrogen (secondary N) is 1. The van der Waals surface area contributed by atoms with Crippen LogP contribution in [0.3, 0.4) is 0 Å². The molecule has 1 rings (SSSR count). The van der Waals surface area contributed by atoms with E-state index in [2.05, 4.69) is 50.2 Å². The van der Waals surface area contributed by atoms with Gasteiger partial charge in [0.15, 0.2) is 5.78 Å². The summed E-state index contributed by atoms with van der Waals surface area (Å²) in [4.78, 5) is 12.7. The molecule has 1 heterocycles. The molecule has 1 aromatic rings. The molecule has 1 atom stereocenters. The summed E-state index contributed by atoms with van der Waals surface area (Å²) in [7, 11) is 0. The highest BCUT2D eigenvalue weighted by Crippen LogP contribution is 2.27. The van der Waals surface area contributed by atoms with Gasteiger partial charge >= 0.3 is 0 Å². The smallest absolute Gasteiger partial charge is 0.162 e. The highest BCUT2D eigenvalue weighted by molar-refractivity contribution is 5.87. The number of hydrogen-bond acceptors (Lipinski definition) is 4. The fourth-order valence-electron chi connectivity index (χ4n) is 2.18. The minimum atomic E-state index is -0.380. The first kappa shape index (κ1) is 18.8. The van der Waals surface area contributed by atoms with Crippen molar-refractivity contribution in [1.29, 1.82) is 0 Å². The summed E-state index contributed by atoms with van der Waals surface area (Å²) in [6.45, 7) is 17.1. The maximum atomic E-state index is 12.7. The first-order valence-electron chi connectivity index (χ1n) is 8.10. The van der Waals surface area contributed by atoms with E-state index in [9.17, 15) is 4.79 Å². The van der Waals surface area contributed by atoms with Crippen LogP contribution in [0.4, 0.5) is 0 Å². The molecule has 0 radical (unpaired) electrons. The molecule has 22 heavy (non-hydrogen) atoms. The van der Waals surface area contributed by atoms with Crippen molar-refractivity contribution in [1.82, 2.24) is 20.3 Å². The standard InChI is InChI=1S/C17H32N4O/c1-12(2)9-14(15(22)16(3,4)5)21-11-13(19-20-21)10-18-17(6,7)8/h11-12,14,18H,9-10H2,1-8H3/t14-/m0/s1. The van der Waals surface area contributed by atoms with Gasteiger partial charge in [0.1, 0.15) is 6.04 Å². The lowest BCUT2D eigenvalue weighted by atomic mass is 9.83. The van der Waals surface area contributed by atoms with E-state index in [1.807, 2.05) is 27.0 Å². The van der Waals surface area contributed by atoms with Crippen molar-refractivity contribution in [3.8, 4) is 0 Å². The summed E-state index contributed by atoms with van der Waals surface area (Å²) in [5.41, 5.74) is 0.517. The van der Waals surface area contributed by atoms with Crippen molar-refractivity contribution in [2.24, 2.45) is 11.3 Å². The molecule has 1 aromatic heterocycles. The summed E-state index contributed by atoms with van der Waals surface area (Å²) in [5.74, 6) is 0.637. The zero-order valence-corrected chi connectivity index (χ0v) is 15.4. The van der Waals surface area contributed by atoms with Crippen molar-refractivity contribution in [3.63, 3.8) is 0 Å². The average molecular weight is 308 g/mol. The van der Waals surface area contributed by atoms with Gasteiger partial charge in [-0.3, -0.25) is 4.79 Å². The normalized spacial score (nSPS) is 14.4. The molecular formula is C17H32N4O. The molecule has 0 aliphatic rings. The molecular weight excluding hydrogens is 276 g/mol. The van der Waals surface area contributed by atoms with E-state index in [1.165, 1.54) is 0 Å². The van der Waals surface area contributed by atoms with Crippen molar-refractivity contribution >= 4 is 5.78 Å². The highest BCUT2D eigenvalue weighted by atomic mass is 16.1. The number of hydrogen-bond donors (Lipinski definition) is 1. The number of carbonyl (C=O) groups excluding carboxylic acids is 1. The number of ketones is 1. The third-order valence-corrected chi connectivity index (χ3v) is 3.41. The quantitative estimate of drug-likeness (QED) is 0.875. The Bertz CT molecular complexity index is 491. The number of Topliss-reactive ketones (excluding diaryl/α,β-unsaturated/α-hetero) is 1. The van der Waals surface area contributed by atoms with Crippen LogP contribution in [-0.2, 0) is 11.3 Å². The van der Waals surface area contributed by atoms with Crippen LogP contribution >= 0.6 is 0 Å². The molecule has 0 fully saturated rings. The first-order chi connectivity index (χ1) is 9.90. The largest absolute Gasteiger partial charge is 0.306 e. The lowest BCUT2D eigenvalue weighted by molar-refractivity contribution is -0.130. The van der Waals surface area contributed by atoms with Gasteiger partial charge in [-0.25, -0.2) is 4.68 Å². The zero-order valence-electron chi connectivity index (χ0n) is 15.4. The zero-order chi connectivity index (χ0) is 17.1. The van der Waals surface area contributed by atoms with Crippen molar-refractivity contribution in [2.75, 3.05) is 0 Å². The molecule has 0 spiro atoms. The third-order valence-electron chi connectivity index (χ3n) is 3.41. The van der Waals surface area contributed by atoms with Gasteiger partial charge in [-0.15, -0.1) is 5.10 Å². The van der Waals surface area contributed by atoms with E-state index < -0.39 is 0 Å². The van der Waals surface area contributed by atoms with Crippen LogP contribution in [0.5, 0.6) is 0 Å². The maximum Gasteiger partial charge on any atom is 0.162 e. The Morgan fingerprint density at radius 2 is 1.82 bits per heavy atom.